The van der Waals surface area contributed by atoms with Crippen molar-refractivity contribution in [2.75, 3.05) is 17.7 Å². The molecule has 0 aromatic carbocycles. The topological polar surface area (TPSA) is 54.8 Å². The molecular weight excluding hydrogens is 190 g/mol. The zero-order valence-electron chi connectivity index (χ0n) is 8.73. The first-order valence-electron chi connectivity index (χ1n) is 4.66. The van der Waals surface area contributed by atoms with Gasteiger partial charge in [0.05, 0.1) is 35.7 Å². The molecule has 0 radical (unpaired) electrons. The lowest BCUT2D eigenvalue weighted by molar-refractivity contribution is 0.768. The molecular formula is C10H13N5. The summed E-state index contributed by atoms with van der Waals surface area (Å²) in [6.45, 7) is 0. The van der Waals surface area contributed by atoms with Crippen LogP contribution in [0.2, 0.25) is 0 Å². The zero-order chi connectivity index (χ0) is 10.7. The van der Waals surface area contributed by atoms with Crippen LogP contribution in [0.15, 0.2) is 30.9 Å². The smallest absolute Gasteiger partial charge is 0.0770 e. The fourth-order valence-corrected chi connectivity index (χ4v) is 1.30. The SMILES string of the molecule is CNc1cncc(Nc2cnn(C)c2)c1. The summed E-state index contributed by atoms with van der Waals surface area (Å²) < 4.78 is 1.75. The Morgan fingerprint density at radius 2 is 1.93 bits per heavy atom. The van der Waals surface area contributed by atoms with E-state index in [1.54, 1.807) is 23.3 Å². The molecule has 0 saturated carbocycles. The molecule has 0 unspecified atom stereocenters. The van der Waals surface area contributed by atoms with Crippen molar-refractivity contribution in [3.63, 3.8) is 0 Å². The lowest BCUT2D eigenvalue weighted by Gasteiger charge is -2.04. The minimum absolute atomic E-state index is 0.940. The minimum atomic E-state index is 0.940. The van der Waals surface area contributed by atoms with E-state index in [0.29, 0.717) is 0 Å². The van der Waals surface area contributed by atoms with Crippen molar-refractivity contribution >= 4 is 17.1 Å². The quantitative estimate of drug-likeness (QED) is 0.795. The van der Waals surface area contributed by atoms with Crippen LogP contribution in [0.25, 0.3) is 0 Å². The van der Waals surface area contributed by atoms with Crippen molar-refractivity contribution in [2.45, 2.75) is 0 Å². The molecule has 5 heteroatoms. The summed E-state index contributed by atoms with van der Waals surface area (Å²) in [6.07, 6.45) is 7.22. The van der Waals surface area contributed by atoms with Gasteiger partial charge in [-0.25, -0.2) is 0 Å². The number of hydrogen-bond acceptors (Lipinski definition) is 4. The van der Waals surface area contributed by atoms with Crippen LogP contribution in [0.4, 0.5) is 17.1 Å². The number of aromatic nitrogens is 3. The summed E-state index contributed by atoms with van der Waals surface area (Å²) >= 11 is 0. The number of rotatable bonds is 3. The van der Waals surface area contributed by atoms with Crippen molar-refractivity contribution in [3.05, 3.63) is 30.9 Å². The van der Waals surface area contributed by atoms with E-state index < -0.39 is 0 Å². The Bertz CT molecular complexity index is 449. The highest BCUT2D eigenvalue weighted by Crippen LogP contribution is 2.17. The molecule has 0 aliphatic carbocycles. The molecule has 0 fully saturated rings. The second-order valence-electron chi connectivity index (χ2n) is 3.24. The Labute approximate surface area is 88.1 Å². The van der Waals surface area contributed by atoms with E-state index in [1.807, 2.05) is 26.4 Å². The average molecular weight is 203 g/mol. The van der Waals surface area contributed by atoms with Crippen molar-refractivity contribution in [3.8, 4) is 0 Å². The predicted octanol–water partition coefficient (Wildman–Crippen LogP) is 1.60. The molecule has 78 valence electrons. The average Bonchev–Trinajstić information content (AvgIpc) is 2.64. The third kappa shape index (κ3) is 2.25. The van der Waals surface area contributed by atoms with Crippen LogP contribution in [0.5, 0.6) is 0 Å². The third-order valence-electron chi connectivity index (χ3n) is 2.02. The standard InChI is InChI=1S/C10H13N5/c1-11-8-3-9(5-12-4-8)14-10-6-13-15(2)7-10/h3-7,11,14H,1-2H3. The number of nitrogens with zero attached hydrogens (tertiary/aromatic N) is 3. The molecule has 2 heterocycles. The molecule has 2 N–H and O–H groups in total. The van der Waals surface area contributed by atoms with Gasteiger partial charge in [-0.15, -0.1) is 0 Å². The number of hydrogen-bond donors (Lipinski definition) is 2. The van der Waals surface area contributed by atoms with E-state index in [0.717, 1.165) is 17.1 Å². The van der Waals surface area contributed by atoms with Gasteiger partial charge < -0.3 is 10.6 Å². The lowest BCUT2D eigenvalue weighted by atomic mass is 10.3. The van der Waals surface area contributed by atoms with Crippen LogP contribution in [-0.4, -0.2) is 21.8 Å². The fourth-order valence-electron chi connectivity index (χ4n) is 1.30. The molecule has 0 saturated heterocycles. The van der Waals surface area contributed by atoms with Crippen LogP contribution in [-0.2, 0) is 7.05 Å². The summed E-state index contributed by atoms with van der Waals surface area (Å²) in [5, 5.41) is 10.3. The van der Waals surface area contributed by atoms with E-state index in [2.05, 4.69) is 20.7 Å². The second kappa shape index (κ2) is 4.00. The largest absolute Gasteiger partial charge is 0.387 e. The van der Waals surface area contributed by atoms with Crippen LogP contribution in [0, 0.1) is 0 Å². The van der Waals surface area contributed by atoms with Gasteiger partial charge in [-0.05, 0) is 6.07 Å². The van der Waals surface area contributed by atoms with E-state index >= 15 is 0 Å². The zero-order valence-corrected chi connectivity index (χ0v) is 8.73. The van der Waals surface area contributed by atoms with E-state index in [9.17, 15) is 0 Å². The van der Waals surface area contributed by atoms with Crippen LogP contribution in [0.3, 0.4) is 0 Å². The van der Waals surface area contributed by atoms with E-state index in [-0.39, 0.29) is 0 Å². The highest BCUT2D eigenvalue weighted by atomic mass is 15.3. The van der Waals surface area contributed by atoms with Gasteiger partial charge in [0.1, 0.15) is 0 Å². The molecule has 0 bridgehead atoms. The normalized spacial score (nSPS) is 10.0. The van der Waals surface area contributed by atoms with Gasteiger partial charge in [0, 0.05) is 20.3 Å². The Kier molecular flexibility index (Phi) is 2.53. The first kappa shape index (κ1) is 9.51. The van der Waals surface area contributed by atoms with Gasteiger partial charge in [0.2, 0.25) is 0 Å². The predicted molar refractivity (Wildman–Crippen MR) is 60.3 cm³/mol. The fraction of sp³-hybridized carbons (Fsp3) is 0.200. The molecule has 0 aliphatic heterocycles. The van der Waals surface area contributed by atoms with Crippen LogP contribution in [0.1, 0.15) is 0 Å². The Balaban J connectivity index is 2.16. The van der Waals surface area contributed by atoms with Gasteiger partial charge in [-0.2, -0.15) is 5.10 Å². The van der Waals surface area contributed by atoms with Crippen LogP contribution < -0.4 is 10.6 Å². The first-order valence-corrected chi connectivity index (χ1v) is 4.66. The number of nitrogens with one attached hydrogen (secondary N) is 2. The molecule has 5 nitrogen and oxygen atoms in total. The van der Waals surface area contributed by atoms with E-state index in [4.69, 9.17) is 0 Å². The maximum absolute atomic E-state index is 4.11. The van der Waals surface area contributed by atoms with Gasteiger partial charge >= 0.3 is 0 Å². The Hall–Kier alpha value is -2.04. The maximum atomic E-state index is 4.11. The molecule has 2 rings (SSSR count). The van der Waals surface area contributed by atoms with Crippen molar-refractivity contribution in [1.29, 1.82) is 0 Å². The minimum Gasteiger partial charge on any atom is -0.387 e. The maximum Gasteiger partial charge on any atom is 0.0770 e. The molecule has 0 spiro atoms. The molecule has 15 heavy (non-hydrogen) atoms. The number of aryl methyl sites for hydroxylation is 1. The van der Waals surface area contributed by atoms with Gasteiger partial charge in [0.15, 0.2) is 0 Å². The summed E-state index contributed by atoms with van der Waals surface area (Å²) in [7, 11) is 3.75. The van der Waals surface area contributed by atoms with Crippen LogP contribution >= 0.6 is 0 Å². The summed E-state index contributed by atoms with van der Waals surface area (Å²) in [4.78, 5) is 4.11. The Morgan fingerprint density at radius 3 is 2.60 bits per heavy atom. The summed E-state index contributed by atoms with van der Waals surface area (Å²) in [5.41, 5.74) is 2.87. The van der Waals surface area contributed by atoms with Gasteiger partial charge in [-0.1, -0.05) is 0 Å². The molecule has 2 aromatic heterocycles. The van der Waals surface area contributed by atoms with Crippen molar-refractivity contribution < 1.29 is 0 Å². The summed E-state index contributed by atoms with van der Waals surface area (Å²) in [6, 6.07) is 1.99. The number of anilines is 3. The molecule has 0 aliphatic rings. The number of pyridine rings is 1. The monoisotopic (exact) mass is 203 g/mol. The van der Waals surface area contributed by atoms with E-state index in [1.165, 1.54) is 0 Å². The van der Waals surface area contributed by atoms with Gasteiger partial charge in [-0.3, -0.25) is 9.67 Å². The first-order chi connectivity index (χ1) is 7.28. The second-order valence-corrected chi connectivity index (χ2v) is 3.24. The van der Waals surface area contributed by atoms with Crippen molar-refractivity contribution in [2.24, 2.45) is 7.05 Å². The summed E-state index contributed by atoms with van der Waals surface area (Å²) in [5.74, 6) is 0. The third-order valence-corrected chi connectivity index (χ3v) is 2.02. The molecule has 0 amide bonds. The van der Waals surface area contributed by atoms with Gasteiger partial charge in [0.25, 0.3) is 0 Å². The lowest BCUT2D eigenvalue weighted by Crippen LogP contribution is -1.93. The Morgan fingerprint density at radius 1 is 1.13 bits per heavy atom. The molecule has 0 atom stereocenters. The highest BCUT2D eigenvalue weighted by molar-refractivity contribution is 5.61. The highest BCUT2D eigenvalue weighted by Gasteiger charge is 1.98. The molecule has 2 aromatic rings. The van der Waals surface area contributed by atoms with Crippen molar-refractivity contribution in [1.82, 2.24) is 14.8 Å².